The second kappa shape index (κ2) is 8.06. The molecule has 0 fully saturated rings. The van der Waals surface area contributed by atoms with Crippen LogP contribution < -0.4 is 16.0 Å². The van der Waals surface area contributed by atoms with Gasteiger partial charge in [0.25, 0.3) is 5.91 Å². The van der Waals surface area contributed by atoms with E-state index in [2.05, 4.69) is 11.9 Å². The predicted octanol–water partition coefficient (Wildman–Crippen LogP) is 4.50. The van der Waals surface area contributed by atoms with Crippen molar-refractivity contribution in [2.24, 2.45) is 5.73 Å². The van der Waals surface area contributed by atoms with E-state index in [1.807, 2.05) is 0 Å². The number of likely N-dealkylation sites (N-methyl/N-ethyl adjacent to an activating group) is 1. The van der Waals surface area contributed by atoms with Gasteiger partial charge in [-0.15, -0.1) is 0 Å². The molecule has 2 aromatic carbocycles. The minimum absolute atomic E-state index is 0.0397. The summed E-state index contributed by atoms with van der Waals surface area (Å²) in [4.78, 5) is 14.0. The summed E-state index contributed by atoms with van der Waals surface area (Å²) in [6.07, 6.45) is -4.75. The molecule has 0 aliphatic heterocycles. The predicted molar refractivity (Wildman–Crippen MR) is 107 cm³/mol. The van der Waals surface area contributed by atoms with E-state index in [-0.39, 0.29) is 22.6 Å². The molecule has 0 saturated heterocycles. The number of carbonyl (C=O) groups excluding carboxylic acids is 1. The van der Waals surface area contributed by atoms with Gasteiger partial charge in [-0.05, 0) is 50.2 Å². The first-order valence-corrected chi connectivity index (χ1v) is 8.70. The van der Waals surface area contributed by atoms with Crippen LogP contribution in [0.1, 0.15) is 30.5 Å². The zero-order chi connectivity index (χ0) is 22.9. The molecule has 0 aliphatic rings. The number of hydrogen-bond acceptors (Lipinski definition) is 4. The van der Waals surface area contributed by atoms with Crippen molar-refractivity contribution < 1.29 is 22.4 Å². The number of hydrogen-bond donors (Lipinski definition) is 2. The van der Waals surface area contributed by atoms with Gasteiger partial charge in [-0.2, -0.15) is 18.4 Å². The molecule has 0 atom stereocenters. The van der Waals surface area contributed by atoms with E-state index >= 15 is 0 Å². The molecule has 30 heavy (non-hydrogen) atoms. The van der Waals surface area contributed by atoms with Gasteiger partial charge in [-0.25, -0.2) is 4.39 Å². The summed E-state index contributed by atoms with van der Waals surface area (Å²) in [5, 5.41) is 11.8. The number of rotatable bonds is 5. The Morgan fingerprint density at radius 3 is 2.33 bits per heavy atom. The van der Waals surface area contributed by atoms with E-state index in [0.29, 0.717) is 0 Å². The van der Waals surface area contributed by atoms with E-state index < -0.39 is 34.6 Å². The number of nitriles is 1. The average Bonchev–Trinajstić information content (AvgIpc) is 2.65. The Balaban J connectivity index is 2.32. The lowest BCUT2D eigenvalue weighted by Gasteiger charge is -2.31. The molecule has 0 radical (unpaired) electrons. The average molecular weight is 420 g/mol. The molecule has 0 aliphatic carbocycles. The minimum atomic E-state index is -4.75. The largest absolute Gasteiger partial charge is 0.417 e. The molecule has 0 heterocycles. The molecule has 158 valence electrons. The fourth-order valence-electron chi connectivity index (χ4n) is 2.88. The molecular weight excluding hydrogens is 400 g/mol. The molecule has 5 nitrogen and oxygen atoms in total. The molecule has 9 heteroatoms. The lowest BCUT2D eigenvalue weighted by atomic mass is 10.0. The third kappa shape index (κ3) is 4.71. The number of anilines is 2. The Hall–Kier alpha value is -3.54. The maximum absolute atomic E-state index is 14.1. The molecule has 2 rings (SSSR count). The Bertz CT molecular complexity index is 1040. The third-order valence-corrected chi connectivity index (χ3v) is 4.43. The van der Waals surface area contributed by atoms with E-state index in [1.165, 1.54) is 45.2 Å². The van der Waals surface area contributed by atoms with Gasteiger partial charge in [-0.1, -0.05) is 6.58 Å². The van der Waals surface area contributed by atoms with Crippen molar-refractivity contribution in [2.45, 2.75) is 25.6 Å². The van der Waals surface area contributed by atoms with Crippen LogP contribution in [0.5, 0.6) is 0 Å². The maximum atomic E-state index is 14.1. The van der Waals surface area contributed by atoms with E-state index in [4.69, 9.17) is 11.0 Å². The van der Waals surface area contributed by atoms with Crippen LogP contribution in [0.4, 0.5) is 28.9 Å². The number of nitrogens with two attached hydrogens (primary N) is 1. The summed E-state index contributed by atoms with van der Waals surface area (Å²) < 4.78 is 53.8. The van der Waals surface area contributed by atoms with Crippen molar-refractivity contribution in [3.8, 4) is 6.07 Å². The summed E-state index contributed by atoms with van der Waals surface area (Å²) in [5.41, 5.74) is 2.94. The van der Waals surface area contributed by atoms with Crippen LogP contribution in [0.25, 0.3) is 5.70 Å². The lowest BCUT2D eigenvalue weighted by Crippen LogP contribution is -2.49. The van der Waals surface area contributed by atoms with Crippen molar-refractivity contribution in [1.29, 1.82) is 5.26 Å². The number of carbonyl (C=O) groups is 1. The molecule has 0 saturated carbocycles. The minimum Gasteiger partial charge on any atom is -0.399 e. The molecule has 2 aromatic rings. The molecule has 1 amide bonds. The maximum Gasteiger partial charge on any atom is 0.417 e. The highest BCUT2D eigenvalue weighted by Gasteiger charge is 2.36. The van der Waals surface area contributed by atoms with Crippen LogP contribution in [0.2, 0.25) is 0 Å². The zero-order valence-electron chi connectivity index (χ0n) is 16.6. The van der Waals surface area contributed by atoms with E-state index in [9.17, 15) is 22.4 Å². The van der Waals surface area contributed by atoms with Gasteiger partial charge >= 0.3 is 6.18 Å². The second-order valence-electron chi connectivity index (χ2n) is 7.17. The Morgan fingerprint density at radius 2 is 1.83 bits per heavy atom. The number of halogens is 4. The van der Waals surface area contributed by atoms with E-state index in [1.54, 1.807) is 0 Å². The standard InChI is InChI=1S/C21H20F4N4O/c1-12(27)16-8-6-14(9-18(16)22)28-20(2,3)19(30)29(4)15-7-5-13(11-26)17(10-15)21(23,24)25/h5-10,28H,1,27H2,2-4H3. The quantitative estimate of drug-likeness (QED) is 0.698. The smallest absolute Gasteiger partial charge is 0.399 e. The van der Waals surface area contributed by atoms with Crippen molar-refractivity contribution in [3.63, 3.8) is 0 Å². The van der Waals surface area contributed by atoms with Crippen LogP contribution in [-0.4, -0.2) is 18.5 Å². The topological polar surface area (TPSA) is 82.2 Å². The fraction of sp³-hybridized carbons (Fsp3) is 0.238. The SMILES string of the molecule is C=C(N)c1ccc(NC(C)(C)C(=O)N(C)c2ccc(C#N)c(C(F)(F)F)c2)cc1F. The van der Waals surface area contributed by atoms with E-state index in [0.717, 1.165) is 23.1 Å². The van der Waals surface area contributed by atoms with Gasteiger partial charge in [0.2, 0.25) is 0 Å². The summed E-state index contributed by atoms with van der Waals surface area (Å²) >= 11 is 0. The molecule has 0 spiro atoms. The van der Waals surface area contributed by atoms with Gasteiger partial charge in [-0.3, -0.25) is 4.79 Å². The van der Waals surface area contributed by atoms with Crippen molar-refractivity contribution >= 4 is 23.0 Å². The van der Waals surface area contributed by atoms with Crippen LogP contribution >= 0.6 is 0 Å². The summed E-state index contributed by atoms with van der Waals surface area (Å²) in [6.45, 7) is 6.48. The summed E-state index contributed by atoms with van der Waals surface area (Å²) in [6, 6.07) is 8.56. The van der Waals surface area contributed by atoms with Crippen molar-refractivity contribution in [2.75, 3.05) is 17.3 Å². The van der Waals surface area contributed by atoms with Gasteiger partial charge < -0.3 is 16.0 Å². The van der Waals surface area contributed by atoms with Crippen molar-refractivity contribution in [1.82, 2.24) is 0 Å². The molecule has 3 N–H and O–H groups in total. The molecular formula is C21H20F4N4O. The first kappa shape index (κ1) is 22.7. The Kier molecular flexibility index (Phi) is 6.11. The summed E-state index contributed by atoms with van der Waals surface area (Å²) in [7, 11) is 1.31. The highest BCUT2D eigenvalue weighted by atomic mass is 19.4. The first-order chi connectivity index (χ1) is 13.8. The second-order valence-corrected chi connectivity index (χ2v) is 7.17. The highest BCUT2D eigenvalue weighted by molar-refractivity contribution is 6.01. The fourth-order valence-corrected chi connectivity index (χ4v) is 2.88. The number of nitrogens with one attached hydrogen (secondary N) is 1. The first-order valence-electron chi connectivity index (χ1n) is 8.70. The number of benzene rings is 2. The molecule has 0 unspecified atom stereocenters. The van der Waals surface area contributed by atoms with Crippen LogP contribution in [0.15, 0.2) is 43.0 Å². The van der Waals surface area contributed by atoms with Crippen LogP contribution in [-0.2, 0) is 11.0 Å². The van der Waals surface area contributed by atoms with Gasteiger partial charge in [0, 0.05) is 29.7 Å². The number of nitrogens with zero attached hydrogens (tertiary/aromatic N) is 2. The number of alkyl halides is 3. The van der Waals surface area contributed by atoms with Crippen LogP contribution in [0.3, 0.4) is 0 Å². The lowest BCUT2D eigenvalue weighted by molar-refractivity contribution is -0.137. The van der Waals surface area contributed by atoms with Gasteiger partial charge in [0.1, 0.15) is 11.4 Å². The van der Waals surface area contributed by atoms with Crippen LogP contribution in [0, 0.1) is 17.1 Å². The molecule has 0 bridgehead atoms. The Labute approximate surface area is 171 Å². The third-order valence-electron chi connectivity index (χ3n) is 4.43. The zero-order valence-corrected chi connectivity index (χ0v) is 16.6. The van der Waals surface area contributed by atoms with Gasteiger partial charge in [0.05, 0.1) is 17.2 Å². The normalized spacial score (nSPS) is 11.5. The highest BCUT2D eigenvalue weighted by Crippen LogP contribution is 2.34. The van der Waals surface area contributed by atoms with Crippen molar-refractivity contribution in [3.05, 3.63) is 65.5 Å². The molecule has 0 aromatic heterocycles. The van der Waals surface area contributed by atoms with Gasteiger partial charge in [0.15, 0.2) is 0 Å². The Morgan fingerprint density at radius 1 is 1.20 bits per heavy atom. The summed E-state index contributed by atoms with van der Waals surface area (Å²) in [5.74, 6) is -1.21. The monoisotopic (exact) mass is 420 g/mol. The number of amides is 1.